The summed E-state index contributed by atoms with van der Waals surface area (Å²) in [5, 5.41) is 0.780. The lowest BCUT2D eigenvalue weighted by Gasteiger charge is -2.20. The van der Waals surface area contributed by atoms with Gasteiger partial charge in [0.2, 0.25) is 0 Å². The molecule has 0 bridgehead atoms. The summed E-state index contributed by atoms with van der Waals surface area (Å²) < 4.78 is 5.37. The lowest BCUT2D eigenvalue weighted by Crippen LogP contribution is -2.22. The number of nitrogens with two attached hydrogens (primary N) is 1. The van der Waals surface area contributed by atoms with Crippen LogP contribution in [0.2, 0.25) is 5.02 Å². The van der Waals surface area contributed by atoms with Crippen LogP contribution in [0.15, 0.2) is 12.1 Å². The first-order valence-corrected chi connectivity index (χ1v) is 6.07. The summed E-state index contributed by atoms with van der Waals surface area (Å²) in [7, 11) is 0. The van der Waals surface area contributed by atoms with E-state index in [1.807, 2.05) is 6.07 Å². The largest absolute Gasteiger partial charge is 0.381 e. The highest BCUT2D eigenvalue weighted by Gasteiger charge is 2.25. The molecule has 0 saturated carbocycles. The van der Waals surface area contributed by atoms with Crippen molar-refractivity contribution in [2.45, 2.75) is 26.3 Å². The van der Waals surface area contributed by atoms with Gasteiger partial charge in [0.1, 0.15) is 0 Å². The summed E-state index contributed by atoms with van der Waals surface area (Å²) in [5.74, 6) is 0.402. The predicted molar refractivity (Wildman–Crippen MR) is 66.8 cm³/mol. The smallest absolute Gasteiger partial charge is 0.0513 e. The number of hydrogen-bond donors (Lipinski definition) is 1. The van der Waals surface area contributed by atoms with Crippen molar-refractivity contribution in [2.24, 2.45) is 11.7 Å². The number of benzene rings is 1. The van der Waals surface area contributed by atoms with Gasteiger partial charge in [-0.1, -0.05) is 17.7 Å². The zero-order chi connectivity index (χ0) is 11.7. The van der Waals surface area contributed by atoms with E-state index in [1.54, 1.807) is 0 Å². The molecule has 1 heterocycles. The molecule has 2 atom stereocenters. The minimum Gasteiger partial charge on any atom is -0.381 e. The zero-order valence-electron chi connectivity index (χ0n) is 9.79. The summed E-state index contributed by atoms with van der Waals surface area (Å²) in [6.07, 6.45) is 1.03. The van der Waals surface area contributed by atoms with Crippen LogP contribution in [0.5, 0.6) is 0 Å². The summed E-state index contributed by atoms with van der Waals surface area (Å²) in [5.41, 5.74) is 9.77. The Bertz CT molecular complexity index is 386. The Balaban J connectivity index is 2.28. The predicted octanol–water partition coefficient (Wildman–Crippen LogP) is 2.99. The van der Waals surface area contributed by atoms with Crippen molar-refractivity contribution in [2.75, 3.05) is 13.2 Å². The summed E-state index contributed by atoms with van der Waals surface area (Å²) in [6, 6.07) is 4.11. The van der Waals surface area contributed by atoms with Gasteiger partial charge >= 0.3 is 0 Å². The Hall–Kier alpha value is -0.570. The third-order valence-electron chi connectivity index (χ3n) is 3.44. The molecule has 2 N–H and O–H groups in total. The van der Waals surface area contributed by atoms with E-state index in [1.165, 1.54) is 11.1 Å². The molecule has 0 spiro atoms. The Morgan fingerprint density at radius 3 is 2.69 bits per heavy atom. The molecule has 0 aromatic heterocycles. The second-order valence-corrected chi connectivity index (χ2v) is 5.01. The quantitative estimate of drug-likeness (QED) is 0.861. The zero-order valence-corrected chi connectivity index (χ0v) is 10.6. The average Bonchev–Trinajstić information content (AvgIpc) is 2.75. The van der Waals surface area contributed by atoms with Crippen molar-refractivity contribution in [1.29, 1.82) is 0 Å². The minimum absolute atomic E-state index is 0.00528. The normalized spacial score (nSPS) is 22.4. The van der Waals surface area contributed by atoms with Gasteiger partial charge in [0, 0.05) is 23.6 Å². The Morgan fingerprint density at radius 1 is 1.38 bits per heavy atom. The molecule has 1 aliphatic heterocycles. The van der Waals surface area contributed by atoms with Gasteiger partial charge in [-0.2, -0.15) is 0 Å². The van der Waals surface area contributed by atoms with Crippen LogP contribution in [0.4, 0.5) is 0 Å². The van der Waals surface area contributed by atoms with E-state index in [-0.39, 0.29) is 6.04 Å². The van der Waals surface area contributed by atoms with Crippen molar-refractivity contribution in [3.05, 3.63) is 33.8 Å². The highest BCUT2D eigenvalue weighted by atomic mass is 35.5. The van der Waals surface area contributed by atoms with Gasteiger partial charge < -0.3 is 10.5 Å². The molecule has 1 aromatic rings. The number of halogens is 1. The molecular weight excluding hydrogens is 222 g/mol. The molecular formula is C13H18ClNO. The van der Waals surface area contributed by atoms with Crippen LogP contribution in [-0.4, -0.2) is 13.2 Å². The van der Waals surface area contributed by atoms with Crippen LogP contribution >= 0.6 is 11.6 Å². The molecule has 0 radical (unpaired) electrons. The van der Waals surface area contributed by atoms with Crippen molar-refractivity contribution in [3.8, 4) is 0 Å². The molecule has 1 aliphatic rings. The maximum Gasteiger partial charge on any atom is 0.0513 e. The van der Waals surface area contributed by atoms with Crippen molar-refractivity contribution < 1.29 is 4.74 Å². The molecule has 1 fully saturated rings. The van der Waals surface area contributed by atoms with E-state index in [2.05, 4.69) is 19.9 Å². The number of rotatable bonds is 2. The topological polar surface area (TPSA) is 35.2 Å². The highest BCUT2D eigenvalue weighted by Crippen LogP contribution is 2.32. The first-order valence-electron chi connectivity index (χ1n) is 5.69. The maximum atomic E-state index is 6.26. The van der Waals surface area contributed by atoms with Crippen molar-refractivity contribution >= 4 is 11.6 Å². The van der Waals surface area contributed by atoms with Gasteiger partial charge in [-0.25, -0.2) is 0 Å². The average molecular weight is 240 g/mol. The van der Waals surface area contributed by atoms with Gasteiger partial charge in [-0.3, -0.25) is 0 Å². The second kappa shape index (κ2) is 4.74. The maximum absolute atomic E-state index is 6.26. The van der Waals surface area contributed by atoms with Crippen molar-refractivity contribution in [3.63, 3.8) is 0 Å². The lowest BCUT2D eigenvalue weighted by molar-refractivity contribution is 0.181. The van der Waals surface area contributed by atoms with Gasteiger partial charge in [-0.05, 0) is 43.0 Å². The van der Waals surface area contributed by atoms with E-state index in [0.29, 0.717) is 5.92 Å². The van der Waals surface area contributed by atoms with Gasteiger partial charge in [0.15, 0.2) is 0 Å². The molecule has 1 saturated heterocycles. The molecule has 88 valence electrons. The van der Waals surface area contributed by atoms with E-state index in [0.717, 1.165) is 30.2 Å². The van der Waals surface area contributed by atoms with Crippen LogP contribution in [-0.2, 0) is 4.74 Å². The van der Waals surface area contributed by atoms with Crippen LogP contribution in [0, 0.1) is 19.8 Å². The fourth-order valence-corrected chi connectivity index (χ4v) is 2.49. The first kappa shape index (κ1) is 11.9. The monoisotopic (exact) mass is 239 g/mol. The molecule has 16 heavy (non-hydrogen) atoms. The minimum atomic E-state index is -0.00528. The van der Waals surface area contributed by atoms with E-state index >= 15 is 0 Å². The molecule has 3 heteroatoms. The molecule has 0 amide bonds. The van der Waals surface area contributed by atoms with E-state index in [9.17, 15) is 0 Å². The fraction of sp³-hybridized carbons (Fsp3) is 0.538. The molecule has 2 nitrogen and oxygen atoms in total. The van der Waals surface area contributed by atoms with Crippen LogP contribution in [0.1, 0.15) is 29.2 Å². The lowest BCUT2D eigenvalue weighted by atomic mass is 9.91. The standard InChI is InChI=1S/C13H18ClNO/c1-8-5-11(12(14)6-9(8)2)13(15)10-3-4-16-7-10/h5-6,10,13H,3-4,7,15H2,1-2H3. The SMILES string of the molecule is Cc1cc(Cl)c(C(N)C2CCOC2)cc1C. The number of aryl methyl sites for hydroxylation is 2. The van der Waals surface area contributed by atoms with Gasteiger partial charge in [0.05, 0.1) is 6.61 Å². The number of hydrogen-bond acceptors (Lipinski definition) is 2. The third kappa shape index (κ3) is 2.24. The summed E-state index contributed by atoms with van der Waals surface area (Å²) in [6.45, 7) is 5.73. The van der Waals surface area contributed by atoms with E-state index in [4.69, 9.17) is 22.1 Å². The Labute approximate surface area is 102 Å². The van der Waals surface area contributed by atoms with E-state index < -0.39 is 0 Å². The van der Waals surface area contributed by atoms with Crippen LogP contribution in [0.25, 0.3) is 0 Å². The number of ether oxygens (including phenoxy) is 1. The van der Waals surface area contributed by atoms with Crippen LogP contribution < -0.4 is 5.73 Å². The molecule has 1 aromatic carbocycles. The Morgan fingerprint density at radius 2 is 2.06 bits per heavy atom. The first-order chi connectivity index (χ1) is 7.59. The van der Waals surface area contributed by atoms with Gasteiger partial charge in [0.25, 0.3) is 0 Å². The van der Waals surface area contributed by atoms with Crippen molar-refractivity contribution in [1.82, 2.24) is 0 Å². The Kier molecular flexibility index (Phi) is 3.53. The molecule has 2 rings (SSSR count). The third-order valence-corrected chi connectivity index (χ3v) is 3.77. The molecule has 0 aliphatic carbocycles. The second-order valence-electron chi connectivity index (χ2n) is 4.61. The summed E-state index contributed by atoms with van der Waals surface area (Å²) in [4.78, 5) is 0. The molecule has 2 unspecified atom stereocenters. The van der Waals surface area contributed by atoms with Crippen LogP contribution in [0.3, 0.4) is 0 Å². The summed E-state index contributed by atoms with van der Waals surface area (Å²) >= 11 is 6.25. The van der Waals surface area contributed by atoms with Gasteiger partial charge in [-0.15, -0.1) is 0 Å². The fourth-order valence-electron chi connectivity index (χ4n) is 2.15. The highest BCUT2D eigenvalue weighted by molar-refractivity contribution is 6.31.